The Balaban J connectivity index is 2.43. The van der Waals surface area contributed by atoms with Gasteiger partial charge in [0.15, 0.2) is 0 Å². The maximum Gasteiger partial charge on any atom is 0.0761 e. The Morgan fingerprint density at radius 2 is 1.88 bits per heavy atom. The van der Waals surface area contributed by atoms with E-state index in [-0.39, 0.29) is 6.04 Å². The van der Waals surface area contributed by atoms with E-state index >= 15 is 0 Å². The molecule has 5 heteroatoms. The van der Waals surface area contributed by atoms with Crippen molar-refractivity contribution >= 4 is 54.8 Å². The lowest BCUT2D eigenvalue weighted by Gasteiger charge is -2.12. The fourth-order valence-electron chi connectivity index (χ4n) is 1.46. The van der Waals surface area contributed by atoms with Gasteiger partial charge in [0.1, 0.15) is 0 Å². The molecule has 1 unspecified atom stereocenters. The molecule has 1 aromatic heterocycles. The van der Waals surface area contributed by atoms with Crippen LogP contribution in [0.15, 0.2) is 37.9 Å². The van der Waals surface area contributed by atoms with Crippen molar-refractivity contribution in [2.75, 3.05) is 0 Å². The molecule has 2 rings (SSSR count). The van der Waals surface area contributed by atoms with Gasteiger partial charge in [-0.25, -0.2) is 0 Å². The third kappa shape index (κ3) is 2.51. The first-order valence-corrected chi connectivity index (χ1v) is 7.32. The highest BCUT2D eigenvalue weighted by molar-refractivity contribution is 9.12. The van der Waals surface area contributed by atoms with Crippen LogP contribution in [0.5, 0.6) is 0 Å². The standard InChI is InChI=1S/C11H8Br2ClNS/c12-9-5-7(11(13)16-9)10(15)6-3-1-2-4-8(6)14/h1-5,10H,15H2. The van der Waals surface area contributed by atoms with Crippen molar-refractivity contribution in [1.82, 2.24) is 0 Å². The topological polar surface area (TPSA) is 26.0 Å². The van der Waals surface area contributed by atoms with Crippen molar-refractivity contribution in [1.29, 1.82) is 0 Å². The molecule has 0 fully saturated rings. The second-order valence-corrected chi connectivity index (χ2v) is 7.44. The summed E-state index contributed by atoms with van der Waals surface area (Å²) in [5, 5.41) is 0.698. The molecule has 0 bridgehead atoms. The summed E-state index contributed by atoms with van der Waals surface area (Å²) < 4.78 is 2.09. The monoisotopic (exact) mass is 379 g/mol. The van der Waals surface area contributed by atoms with E-state index in [4.69, 9.17) is 17.3 Å². The Kier molecular flexibility index (Phi) is 4.08. The fraction of sp³-hybridized carbons (Fsp3) is 0.0909. The first-order valence-electron chi connectivity index (χ1n) is 4.54. The zero-order valence-corrected chi connectivity index (χ0v) is 12.8. The Bertz CT molecular complexity index is 512. The van der Waals surface area contributed by atoms with Gasteiger partial charge in [-0.15, -0.1) is 11.3 Å². The Morgan fingerprint density at radius 3 is 2.44 bits per heavy atom. The Labute approximate surface area is 120 Å². The summed E-state index contributed by atoms with van der Waals surface area (Å²) in [7, 11) is 0. The molecule has 0 saturated heterocycles. The average Bonchev–Trinajstić information content (AvgIpc) is 2.58. The zero-order chi connectivity index (χ0) is 11.7. The van der Waals surface area contributed by atoms with Crippen LogP contribution in [0.1, 0.15) is 17.2 Å². The van der Waals surface area contributed by atoms with Crippen molar-refractivity contribution in [2.45, 2.75) is 6.04 Å². The van der Waals surface area contributed by atoms with Crippen molar-refractivity contribution in [3.63, 3.8) is 0 Å². The van der Waals surface area contributed by atoms with Crippen molar-refractivity contribution in [3.8, 4) is 0 Å². The van der Waals surface area contributed by atoms with E-state index in [0.717, 1.165) is 18.7 Å². The molecule has 0 aliphatic rings. The third-order valence-corrected chi connectivity index (χ3v) is 4.99. The summed E-state index contributed by atoms with van der Waals surface area (Å²) >= 11 is 14.7. The number of halogens is 3. The summed E-state index contributed by atoms with van der Waals surface area (Å²) in [6, 6.07) is 9.46. The van der Waals surface area contributed by atoms with E-state index in [1.54, 1.807) is 11.3 Å². The average molecular weight is 382 g/mol. The van der Waals surface area contributed by atoms with Gasteiger partial charge in [-0.1, -0.05) is 29.8 Å². The summed E-state index contributed by atoms with van der Waals surface area (Å²) in [4.78, 5) is 0. The number of thiophene rings is 1. The molecule has 0 amide bonds. The second-order valence-electron chi connectivity index (χ2n) is 3.28. The van der Waals surface area contributed by atoms with Crippen LogP contribution in [0.3, 0.4) is 0 Å². The second kappa shape index (κ2) is 5.19. The summed E-state index contributed by atoms with van der Waals surface area (Å²) in [6.45, 7) is 0. The van der Waals surface area contributed by atoms with Crippen molar-refractivity contribution in [2.24, 2.45) is 5.73 Å². The van der Waals surface area contributed by atoms with Gasteiger partial charge in [0, 0.05) is 5.02 Å². The predicted molar refractivity (Wildman–Crippen MR) is 77.2 cm³/mol. The Morgan fingerprint density at radius 1 is 1.19 bits per heavy atom. The third-order valence-electron chi connectivity index (χ3n) is 2.26. The van der Waals surface area contributed by atoms with Crippen LogP contribution in [-0.2, 0) is 0 Å². The highest BCUT2D eigenvalue weighted by Gasteiger charge is 2.17. The minimum absolute atomic E-state index is 0.203. The van der Waals surface area contributed by atoms with Crippen LogP contribution in [0.2, 0.25) is 5.02 Å². The quantitative estimate of drug-likeness (QED) is 0.780. The van der Waals surface area contributed by atoms with Crippen LogP contribution in [0, 0.1) is 0 Å². The van der Waals surface area contributed by atoms with Crippen molar-refractivity contribution < 1.29 is 0 Å². The van der Waals surface area contributed by atoms with Gasteiger partial charge in [0.05, 0.1) is 13.6 Å². The van der Waals surface area contributed by atoms with E-state index in [0.29, 0.717) is 5.02 Å². The zero-order valence-electron chi connectivity index (χ0n) is 8.08. The number of nitrogens with two attached hydrogens (primary N) is 1. The molecule has 1 heterocycles. The summed E-state index contributed by atoms with van der Waals surface area (Å²) in [5.41, 5.74) is 8.19. The van der Waals surface area contributed by atoms with Crippen LogP contribution in [0.4, 0.5) is 0 Å². The lowest BCUT2D eigenvalue weighted by atomic mass is 10.0. The number of hydrogen-bond donors (Lipinski definition) is 1. The smallest absolute Gasteiger partial charge is 0.0761 e. The van der Waals surface area contributed by atoms with Gasteiger partial charge in [0.2, 0.25) is 0 Å². The SMILES string of the molecule is NC(c1ccccc1Cl)c1cc(Br)sc1Br. The predicted octanol–water partition coefficient (Wildman–Crippen LogP) is 4.97. The van der Waals surface area contributed by atoms with E-state index in [1.165, 1.54) is 0 Å². The van der Waals surface area contributed by atoms with E-state index in [2.05, 4.69) is 31.9 Å². The molecule has 0 spiro atoms. The molecular weight excluding hydrogens is 373 g/mol. The maximum absolute atomic E-state index is 6.20. The number of hydrogen-bond acceptors (Lipinski definition) is 2. The number of rotatable bonds is 2. The van der Waals surface area contributed by atoms with Crippen molar-refractivity contribution in [3.05, 3.63) is 54.1 Å². The van der Waals surface area contributed by atoms with Gasteiger partial charge in [-0.05, 0) is 55.1 Å². The fourth-order valence-corrected chi connectivity index (χ4v) is 4.64. The normalized spacial score (nSPS) is 12.8. The highest BCUT2D eigenvalue weighted by atomic mass is 79.9. The summed E-state index contributed by atoms with van der Waals surface area (Å²) in [6.07, 6.45) is 0. The van der Waals surface area contributed by atoms with E-state index in [9.17, 15) is 0 Å². The minimum Gasteiger partial charge on any atom is -0.320 e. The molecule has 0 aliphatic carbocycles. The van der Waals surface area contributed by atoms with Crippen LogP contribution in [-0.4, -0.2) is 0 Å². The molecule has 0 saturated carbocycles. The lowest BCUT2D eigenvalue weighted by molar-refractivity contribution is 0.872. The molecule has 1 nitrogen and oxygen atoms in total. The minimum atomic E-state index is -0.203. The molecule has 0 radical (unpaired) electrons. The van der Waals surface area contributed by atoms with Crippen LogP contribution < -0.4 is 5.73 Å². The molecule has 1 aromatic carbocycles. The molecule has 16 heavy (non-hydrogen) atoms. The van der Waals surface area contributed by atoms with Gasteiger partial charge in [-0.2, -0.15) is 0 Å². The van der Waals surface area contributed by atoms with Crippen LogP contribution in [0.25, 0.3) is 0 Å². The largest absolute Gasteiger partial charge is 0.320 e. The lowest BCUT2D eigenvalue weighted by Crippen LogP contribution is -2.11. The molecule has 0 aliphatic heterocycles. The molecule has 2 aromatic rings. The first kappa shape index (κ1) is 12.6. The van der Waals surface area contributed by atoms with Gasteiger partial charge in [0.25, 0.3) is 0 Å². The molecular formula is C11H8Br2ClNS. The van der Waals surface area contributed by atoms with Gasteiger partial charge in [-0.3, -0.25) is 0 Å². The maximum atomic E-state index is 6.20. The molecule has 84 valence electrons. The number of benzene rings is 1. The van der Waals surface area contributed by atoms with Crippen LogP contribution >= 0.6 is 54.8 Å². The highest BCUT2D eigenvalue weighted by Crippen LogP contribution is 2.38. The van der Waals surface area contributed by atoms with Gasteiger partial charge >= 0.3 is 0 Å². The molecule has 2 N–H and O–H groups in total. The van der Waals surface area contributed by atoms with Gasteiger partial charge < -0.3 is 5.73 Å². The van der Waals surface area contributed by atoms with E-state index in [1.807, 2.05) is 30.3 Å². The first-order chi connectivity index (χ1) is 7.59. The summed E-state index contributed by atoms with van der Waals surface area (Å²) in [5.74, 6) is 0. The van der Waals surface area contributed by atoms with E-state index < -0.39 is 0 Å². The molecule has 1 atom stereocenters. The Hall–Kier alpha value is 0.130.